The van der Waals surface area contributed by atoms with Gasteiger partial charge in [0.15, 0.2) is 5.78 Å². The predicted molar refractivity (Wildman–Crippen MR) is 97.2 cm³/mol. The summed E-state index contributed by atoms with van der Waals surface area (Å²) in [4.78, 5) is 38.8. The van der Waals surface area contributed by atoms with Gasteiger partial charge in [0.05, 0.1) is 17.0 Å². The second-order valence-electron chi connectivity index (χ2n) is 6.93. The summed E-state index contributed by atoms with van der Waals surface area (Å²) >= 11 is 0. The minimum atomic E-state index is -0.614. The van der Waals surface area contributed by atoms with Crippen LogP contribution in [0.3, 0.4) is 0 Å². The number of cyclic esters (lactones) is 1. The van der Waals surface area contributed by atoms with E-state index in [0.717, 1.165) is 11.1 Å². The van der Waals surface area contributed by atoms with Gasteiger partial charge in [-0.25, -0.2) is 4.79 Å². The van der Waals surface area contributed by atoms with Gasteiger partial charge in [-0.15, -0.1) is 0 Å². The van der Waals surface area contributed by atoms with E-state index >= 15 is 0 Å². The fourth-order valence-corrected chi connectivity index (χ4v) is 3.99. The number of carbonyl (C=O) groups excluding carboxylic acids is 3. The van der Waals surface area contributed by atoms with Crippen LogP contribution in [0, 0.1) is 6.92 Å². The number of benzene rings is 2. The number of fused-ring (bicyclic) bond motifs is 1. The van der Waals surface area contributed by atoms with Crippen molar-refractivity contribution in [1.29, 1.82) is 0 Å². The summed E-state index contributed by atoms with van der Waals surface area (Å²) in [5, 5.41) is 3.02. The Morgan fingerprint density at radius 1 is 0.889 bits per heavy atom. The van der Waals surface area contributed by atoms with E-state index < -0.39 is 11.9 Å². The molecule has 0 saturated carbocycles. The molecule has 0 bridgehead atoms. The van der Waals surface area contributed by atoms with Crippen LogP contribution in [0.1, 0.15) is 37.8 Å². The largest absolute Gasteiger partial charge is 0.456 e. The SMILES string of the molecule is Cc1ccc(C2C3=C(COC3=O)NC3=C2C(=O)c2ccccc2C3=O)cc1. The Labute approximate surface area is 155 Å². The van der Waals surface area contributed by atoms with Gasteiger partial charge in [-0.2, -0.15) is 0 Å². The summed E-state index contributed by atoms with van der Waals surface area (Å²) in [5.41, 5.74) is 4.16. The van der Waals surface area contributed by atoms with E-state index in [4.69, 9.17) is 4.74 Å². The maximum absolute atomic E-state index is 13.3. The maximum atomic E-state index is 13.3. The average molecular weight is 357 g/mol. The molecule has 1 unspecified atom stereocenters. The Kier molecular flexibility index (Phi) is 3.22. The van der Waals surface area contributed by atoms with E-state index in [1.54, 1.807) is 24.3 Å². The normalized spacial score (nSPS) is 20.8. The highest BCUT2D eigenvalue weighted by atomic mass is 16.5. The van der Waals surface area contributed by atoms with Crippen molar-refractivity contribution in [3.05, 3.63) is 93.3 Å². The van der Waals surface area contributed by atoms with E-state index in [-0.39, 0.29) is 23.9 Å². The van der Waals surface area contributed by atoms with Crippen molar-refractivity contribution in [2.24, 2.45) is 0 Å². The molecule has 2 aromatic carbocycles. The molecule has 2 aromatic rings. The van der Waals surface area contributed by atoms with Crippen molar-refractivity contribution in [3.8, 4) is 0 Å². The molecular formula is C22H15NO4. The predicted octanol–water partition coefficient (Wildman–Crippen LogP) is 2.83. The van der Waals surface area contributed by atoms with Gasteiger partial charge in [0.2, 0.25) is 5.78 Å². The smallest absolute Gasteiger partial charge is 0.337 e. The van der Waals surface area contributed by atoms with Crippen molar-refractivity contribution in [2.45, 2.75) is 12.8 Å². The van der Waals surface area contributed by atoms with Crippen LogP contribution >= 0.6 is 0 Å². The lowest BCUT2D eigenvalue weighted by Crippen LogP contribution is -2.37. The number of ether oxygens (including phenoxy) is 1. The fourth-order valence-electron chi connectivity index (χ4n) is 3.99. The van der Waals surface area contributed by atoms with Gasteiger partial charge in [-0.3, -0.25) is 9.59 Å². The Balaban J connectivity index is 1.76. The number of Topliss-reactive ketones (excluding diaryl/α,β-unsaturated/α-hetero) is 2. The number of dihydropyridines is 1. The number of carbonyl (C=O) groups is 3. The monoisotopic (exact) mass is 357 g/mol. The minimum Gasteiger partial charge on any atom is -0.456 e. The lowest BCUT2D eigenvalue weighted by molar-refractivity contribution is -0.136. The van der Waals surface area contributed by atoms with E-state index in [1.165, 1.54) is 0 Å². The first kappa shape index (κ1) is 15.8. The van der Waals surface area contributed by atoms with Crippen molar-refractivity contribution in [2.75, 3.05) is 6.61 Å². The molecule has 5 heteroatoms. The van der Waals surface area contributed by atoms with Gasteiger partial charge in [-0.1, -0.05) is 54.1 Å². The molecule has 1 atom stereocenters. The van der Waals surface area contributed by atoms with E-state index in [1.807, 2.05) is 31.2 Å². The highest BCUT2D eigenvalue weighted by Gasteiger charge is 2.46. The van der Waals surface area contributed by atoms with E-state index in [2.05, 4.69) is 5.32 Å². The number of ketones is 2. The van der Waals surface area contributed by atoms with Crippen LogP contribution in [0.5, 0.6) is 0 Å². The average Bonchev–Trinajstić information content (AvgIpc) is 3.06. The van der Waals surface area contributed by atoms with Gasteiger partial charge in [-0.05, 0) is 12.5 Å². The molecule has 3 aliphatic rings. The van der Waals surface area contributed by atoms with Crippen LogP contribution in [-0.2, 0) is 9.53 Å². The third-order valence-electron chi connectivity index (χ3n) is 5.31. The van der Waals surface area contributed by atoms with Crippen LogP contribution in [0.15, 0.2) is 71.1 Å². The van der Waals surface area contributed by atoms with Crippen LogP contribution in [0.25, 0.3) is 0 Å². The molecule has 0 saturated heterocycles. The summed E-state index contributed by atoms with van der Waals surface area (Å²) < 4.78 is 5.20. The standard InChI is InChI=1S/C22H15NO4/c1-11-6-8-12(9-7-11)16-17-15(10-27-22(17)26)23-19-18(16)20(24)13-4-2-3-5-14(13)21(19)25/h2-9,16,23H,10H2,1H3. The first-order valence-electron chi connectivity index (χ1n) is 8.72. The molecule has 2 aliphatic heterocycles. The van der Waals surface area contributed by atoms with Crippen molar-refractivity contribution in [3.63, 3.8) is 0 Å². The number of hydrogen-bond donors (Lipinski definition) is 1. The molecule has 0 amide bonds. The summed E-state index contributed by atoms with van der Waals surface area (Å²) in [5.74, 6) is -1.53. The molecule has 1 aliphatic carbocycles. The van der Waals surface area contributed by atoms with Gasteiger partial charge >= 0.3 is 5.97 Å². The first-order chi connectivity index (χ1) is 13.1. The zero-order chi connectivity index (χ0) is 18.7. The molecule has 5 rings (SSSR count). The minimum absolute atomic E-state index is 0.0798. The molecule has 132 valence electrons. The molecule has 0 aromatic heterocycles. The molecule has 0 fully saturated rings. The lowest BCUT2D eigenvalue weighted by Gasteiger charge is -2.31. The number of hydrogen-bond acceptors (Lipinski definition) is 5. The maximum Gasteiger partial charge on any atom is 0.337 e. The van der Waals surface area contributed by atoms with Crippen LogP contribution in [0.2, 0.25) is 0 Å². The fraction of sp³-hybridized carbons (Fsp3) is 0.136. The Hall–Kier alpha value is -3.47. The number of rotatable bonds is 1. The Morgan fingerprint density at radius 2 is 1.56 bits per heavy atom. The quantitative estimate of drug-likeness (QED) is 0.795. The second kappa shape index (κ2) is 5.51. The molecule has 0 radical (unpaired) electrons. The molecule has 27 heavy (non-hydrogen) atoms. The number of esters is 1. The molecule has 1 N–H and O–H groups in total. The second-order valence-corrected chi connectivity index (χ2v) is 6.93. The highest BCUT2D eigenvalue weighted by molar-refractivity contribution is 6.28. The van der Waals surface area contributed by atoms with Crippen molar-refractivity contribution >= 4 is 17.5 Å². The van der Waals surface area contributed by atoms with Crippen LogP contribution < -0.4 is 5.32 Å². The molecular weight excluding hydrogens is 342 g/mol. The van der Waals surface area contributed by atoms with Crippen LogP contribution in [-0.4, -0.2) is 24.1 Å². The van der Waals surface area contributed by atoms with Gasteiger partial charge < -0.3 is 10.1 Å². The summed E-state index contributed by atoms with van der Waals surface area (Å²) in [6.45, 7) is 2.05. The van der Waals surface area contributed by atoms with Gasteiger partial charge in [0.1, 0.15) is 6.61 Å². The number of aryl methyl sites for hydroxylation is 1. The summed E-state index contributed by atoms with van der Waals surface area (Å²) in [6.07, 6.45) is 0. The summed E-state index contributed by atoms with van der Waals surface area (Å²) in [7, 11) is 0. The van der Waals surface area contributed by atoms with Gasteiger partial charge in [0.25, 0.3) is 0 Å². The highest BCUT2D eigenvalue weighted by Crippen LogP contribution is 2.44. The first-order valence-corrected chi connectivity index (χ1v) is 8.72. The summed E-state index contributed by atoms with van der Waals surface area (Å²) in [6, 6.07) is 14.4. The number of allylic oxidation sites excluding steroid dienone is 2. The van der Waals surface area contributed by atoms with E-state index in [9.17, 15) is 14.4 Å². The topological polar surface area (TPSA) is 72.5 Å². The van der Waals surface area contributed by atoms with E-state index in [0.29, 0.717) is 28.0 Å². The molecule has 0 spiro atoms. The number of nitrogens with one attached hydrogen (secondary N) is 1. The van der Waals surface area contributed by atoms with Gasteiger partial charge in [0, 0.05) is 22.6 Å². The third-order valence-corrected chi connectivity index (χ3v) is 5.31. The zero-order valence-corrected chi connectivity index (χ0v) is 14.5. The Morgan fingerprint density at radius 3 is 2.26 bits per heavy atom. The molecule has 5 nitrogen and oxygen atoms in total. The van der Waals surface area contributed by atoms with Crippen LogP contribution in [0.4, 0.5) is 0 Å². The zero-order valence-electron chi connectivity index (χ0n) is 14.5. The Bertz CT molecular complexity index is 1110. The van der Waals surface area contributed by atoms with Crippen molar-refractivity contribution < 1.29 is 19.1 Å². The molecule has 2 heterocycles. The third kappa shape index (κ3) is 2.15. The lowest BCUT2D eigenvalue weighted by atomic mass is 9.73. The van der Waals surface area contributed by atoms with Crippen molar-refractivity contribution in [1.82, 2.24) is 5.32 Å².